The molecule has 0 aliphatic carbocycles. The van der Waals surface area contributed by atoms with Gasteiger partial charge in [-0.05, 0) is 54.0 Å². The number of hydrogen-bond donors (Lipinski definition) is 1. The van der Waals surface area contributed by atoms with Crippen molar-refractivity contribution in [2.24, 2.45) is 5.73 Å². The lowest BCUT2D eigenvalue weighted by Crippen LogP contribution is -2.40. The Hall–Kier alpha value is 0.1000. The number of nitrogens with two attached hydrogens (primary N) is 1. The van der Waals surface area contributed by atoms with Crippen molar-refractivity contribution < 1.29 is 0 Å². The second kappa shape index (κ2) is 7.52. The second-order valence-corrected chi connectivity index (χ2v) is 6.78. The van der Waals surface area contributed by atoms with E-state index < -0.39 is 0 Å². The highest BCUT2D eigenvalue weighted by atomic mass is 79.9. The zero-order valence-corrected chi connectivity index (χ0v) is 13.4. The first-order valence-electron chi connectivity index (χ1n) is 6.38. The number of thiophene rings is 1. The Morgan fingerprint density at radius 1 is 1.35 bits per heavy atom. The van der Waals surface area contributed by atoms with Crippen LogP contribution in [0.25, 0.3) is 0 Å². The maximum atomic E-state index is 6.31. The van der Waals surface area contributed by atoms with Gasteiger partial charge in [0.25, 0.3) is 0 Å². The maximum Gasteiger partial charge on any atom is 0.0702 e. The van der Waals surface area contributed by atoms with Gasteiger partial charge in [0.15, 0.2) is 0 Å². The number of halogens is 1. The fourth-order valence-corrected chi connectivity index (χ4v) is 3.79. The van der Waals surface area contributed by atoms with Crippen LogP contribution in [0.3, 0.4) is 0 Å². The molecule has 0 amide bonds. The van der Waals surface area contributed by atoms with Gasteiger partial charge < -0.3 is 5.73 Å². The number of nitrogens with zero attached hydrogens (tertiary/aromatic N) is 1. The SMILES string of the molecule is CCCN(CC)C(c1ccc(Br)s1)C(N)CC. The van der Waals surface area contributed by atoms with Crippen LogP contribution >= 0.6 is 27.3 Å². The first kappa shape index (κ1) is 15.2. The van der Waals surface area contributed by atoms with Crippen LogP contribution < -0.4 is 5.73 Å². The van der Waals surface area contributed by atoms with Gasteiger partial charge in [-0.25, -0.2) is 0 Å². The van der Waals surface area contributed by atoms with Crippen molar-refractivity contribution in [3.63, 3.8) is 0 Å². The standard InChI is InChI=1S/C13H23BrN2S/c1-4-9-16(6-3)13(10(15)5-2)11-7-8-12(14)17-11/h7-8,10,13H,4-6,9,15H2,1-3H3. The van der Waals surface area contributed by atoms with Crippen LogP contribution in [0, 0.1) is 0 Å². The van der Waals surface area contributed by atoms with E-state index in [0.717, 1.165) is 19.5 Å². The molecule has 0 saturated carbocycles. The summed E-state index contributed by atoms with van der Waals surface area (Å²) in [4.78, 5) is 3.87. The van der Waals surface area contributed by atoms with E-state index in [1.165, 1.54) is 15.1 Å². The van der Waals surface area contributed by atoms with Crippen molar-refractivity contribution in [3.8, 4) is 0 Å². The van der Waals surface area contributed by atoms with Gasteiger partial charge in [-0.2, -0.15) is 0 Å². The largest absolute Gasteiger partial charge is 0.326 e. The van der Waals surface area contributed by atoms with E-state index in [2.05, 4.69) is 53.7 Å². The molecule has 2 atom stereocenters. The average molecular weight is 319 g/mol. The predicted octanol–water partition coefficient (Wildman–Crippen LogP) is 4.02. The normalized spacial score (nSPS) is 15.2. The van der Waals surface area contributed by atoms with E-state index in [4.69, 9.17) is 5.73 Å². The van der Waals surface area contributed by atoms with Gasteiger partial charge in [0.2, 0.25) is 0 Å². The van der Waals surface area contributed by atoms with Gasteiger partial charge in [0, 0.05) is 10.9 Å². The summed E-state index contributed by atoms with van der Waals surface area (Å²) < 4.78 is 1.19. The molecule has 0 aliphatic rings. The zero-order chi connectivity index (χ0) is 12.8. The highest BCUT2D eigenvalue weighted by Gasteiger charge is 2.25. The molecular formula is C13H23BrN2S. The number of hydrogen-bond acceptors (Lipinski definition) is 3. The molecular weight excluding hydrogens is 296 g/mol. The lowest BCUT2D eigenvalue weighted by Gasteiger charge is -2.33. The van der Waals surface area contributed by atoms with Crippen LogP contribution in [-0.2, 0) is 0 Å². The second-order valence-electron chi connectivity index (χ2n) is 4.29. The highest BCUT2D eigenvalue weighted by molar-refractivity contribution is 9.11. The fourth-order valence-electron chi connectivity index (χ4n) is 2.15. The van der Waals surface area contributed by atoms with Crippen LogP contribution in [0.15, 0.2) is 15.9 Å². The van der Waals surface area contributed by atoms with E-state index in [1.807, 2.05) is 0 Å². The molecule has 0 radical (unpaired) electrons. The molecule has 1 aromatic heterocycles. The van der Waals surface area contributed by atoms with E-state index in [-0.39, 0.29) is 6.04 Å². The van der Waals surface area contributed by atoms with Crippen molar-refractivity contribution in [3.05, 3.63) is 20.8 Å². The Labute approximate surface area is 117 Å². The van der Waals surface area contributed by atoms with Crippen LogP contribution in [0.2, 0.25) is 0 Å². The third-order valence-corrected chi connectivity index (χ3v) is 4.77. The first-order valence-corrected chi connectivity index (χ1v) is 7.99. The number of likely N-dealkylation sites (N-methyl/N-ethyl adjacent to an activating group) is 1. The summed E-state index contributed by atoms with van der Waals surface area (Å²) in [7, 11) is 0. The molecule has 0 fully saturated rings. The molecule has 0 bridgehead atoms. The minimum atomic E-state index is 0.215. The predicted molar refractivity (Wildman–Crippen MR) is 80.6 cm³/mol. The van der Waals surface area contributed by atoms with Gasteiger partial charge in [-0.3, -0.25) is 4.90 Å². The van der Waals surface area contributed by atoms with Crippen molar-refractivity contribution in [2.75, 3.05) is 13.1 Å². The van der Waals surface area contributed by atoms with E-state index in [1.54, 1.807) is 11.3 Å². The molecule has 1 rings (SSSR count). The zero-order valence-electron chi connectivity index (χ0n) is 10.9. The molecule has 2 N–H and O–H groups in total. The molecule has 0 spiro atoms. The molecule has 0 aliphatic heterocycles. The summed E-state index contributed by atoms with van der Waals surface area (Å²) in [6, 6.07) is 4.90. The third kappa shape index (κ3) is 4.05. The van der Waals surface area contributed by atoms with Crippen LogP contribution in [0.5, 0.6) is 0 Å². The van der Waals surface area contributed by atoms with Crippen molar-refractivity contribution in [2.45, 2.75) is 45.7 Å². The minimum absolute atomic E-state index is 0.215. The molecule has 2 nitrogen and oxygen atoms in total. The average Bonchev–Trinajstić information content (AvgIpc) is 2.74. The minimum Gasteiger partial charge on any atom is -0.326 e. The topological polar surface area (TPSA) is 29.3 Å². The summed E-state index contributed by atoms with van der Waals surface area (Å²) in [5.74, 6) is 0. The monoisotopic (exact) mass is 318 g/mol. The van der Waals surface area contributed by atoms with Gasteiger partial charge >= 0.3 is 0 Å². The van der Waals surface area contributed by atoms with Crippen LogP contribution in [-0.4, -0.2) is 24.0 Å². The Morgan fingerprint density at radius 3 is 2.47 bits per heavy atom. The van der Waals surface area contributed by atoms with Gasteiger partial charge in [-0.15, -0.1) is 11.3 Å². The van der Waals surface area contributed by atoms with Gasteiger partial charge in [0.05, 0.1) is 9.83 Å². The molecule has 0 saturated heterocycles. The quantitative estimate of drug-likeness (QED) is 0.822. The summed E-state index contributed by atoms with van der Waals surface area (Å²) in [5, 5.41) is 0. The van der Waals surface area contributed by atoms with Crippen molar-refractivity contribution in [1.29, 1.82) is 0 Å². The fraction of sp³-hybridized carbons (Fsp3) is 0.692. The molecule has 1 aromatic rings. The lowest BCUT2D eigenvalue weighted by molar-refractivity contribution is 0.181. The molecule has 0 aromatic carbocycles. The van der Waals surface area contributed by atoms with Gasteiger partial charge in [-0.1, -0.05) is 20.8 Å². The summed E-state index contributed by atoms with van der Waals surface area (Å²) >= 11 is 5.34. The Kier molecular flexibility index (Phi) is 6.70. The third-order valence-electron chi connectivity index (χ3n) is 3.07. The summed E-state index contributed by atoms with van der Waals surface area (Å²) in [5.41, 5.74) is 6.31. The Morgan fingerprint density at radius 2 is 2.06 bits per heavy atom. The molecule has 17 heavy (non-hydrogen) atoms. The van der Waals surface area contributed by atoms with Crippen LogP contribution in [0.1, 0.15) is 44.5 Å². The maximum absolute atomic E-state index is 6.31. The Bertz CT molecular complexity index is 327. The molecule has 4 heteroatoms. The van der Waals surface area contributed by atoms with Crippen molar-refractivity contribution in [1.82, 2.24) is 4.90 Å². The lowest BCUT2D eigenvalue weighted by atomic mass is 10.0. The molecule has 98 valence electrons. The number of rotatable bonds is 7. The van der Waals surface area contributed by atoms with Crippen molar-refractivity contribution >= 4 is 27.3 Å². The first-order chi connectivity index (χ1) is 8.13. The smallest absolute Gasteiger partial charge is 0.0702 e. The van der Waals surface area contributed by atoms with E-state index in [9.17, 15) is 0 Å². The summed E-state index contributed by atoms with van der Waals surface area (Å²) in [6.45, 7) is 8.78. The molecule has 2 unspecified atom stereocenters. The Balaban J connectivity index is 2.93. The van der Waals surface area contributed by atoms with E-state index >= 15 is 0 Å². The van der Waals surface area contributed by atoms with Gasteiger partial charge in [0.1, 0.15) is 0 Å². The molecule has 1 heterocycles. The van der Waals surface area contributed by atoms with E-state index in [0.29, 0.717) is 6.04 Å². The summed E-state index contributed by atoms with van der Waals surface area (Å²) in [6.07, 6.45) is 2.19. The van der Waals surface area contributed by atoms with Crippen LogP contribution in [0.4, 0.5) is 0 Å². The highest BCUT2D eigenvalue weighted by Crippen LogP contribution is 2.33.